The number of amides is 1. The predicted molar refractivity (Wildman–Crippen MR) is 107 cm³/mol. The summed E-state index contributed by atoms with van der Waals surface area (Å²) in [4.78, 5) is 14.7. The number of aliphatic hydroxyl groups excluding tert-OH is 1. The van der Waals surface area contributed by atoms with Crippen molar-refractivity contribution in [3.63, 3.8) is 0 Å². The number of halogens is 1. The molecule has 0 bridgehead atoms. The molecule has 2 aliphatic heterocycles. The molecule has 2 heterocycles. The van der Waals surface area contributed by atoms with Gasteiger partial charge in [-0.1, -0.05) is 37.3 Å². The number of carbonyl (C=O) groups excluding carboxylic acids is 1. The lowest BCUT2D eigenvalue weighted by Gasteiger charge is -2.36. The Morgan fingerprint density at radius 2 is 1.73 bits per heavy atom. The molecule has 0 spiro atoms. The van der Waals surface area contributed by atoms with E-state index in [0.717, 1.165) is 44.6 Å². The number of carbonyl (C=O) groups is 1. The molecular weight excluding hydrogens is 348 g/mol. The largest absolute Gasteiger partial charge is 0.388 e. The Balaban J connectivity index is 0.00000243. The Kier molecular flexibility index (Phi) is 8.39. The topological polar surface area (TPSA) is 52.6 Å². The van der Waals surface area contributed by atoms with Crippen molar-refractivity contribution < 1.29 is 9.90 Å². The molecule has 2 N–H and O–H groups in total. The van der Waals surface area contributed by atoms with E-state index in [1.165, 1.54) is 12.8 Å². The number of piperidine rings is 2. The van der Waals surface area contributed by atoms with Crippen LogP contribution in [0.15, 0.2) is 30.3 Å². The van der Waals surface area contributed by atoms with Crippen molar-refractivity contribution in [2.45, 2.75) is 45.1 Å². The van der Waals surface area contributed by atoms with Crippen LogP contribution >= 0.6 is 12.4 Å². The average molecular weight is 381 g/mol. The highest BCUT2D eigenvalue weighted by Gasteiger charge is 2.30. The zero-order valence-corrected chi connectivity index (χ0v) is 16.6. The standard InChI is InChI=1S/C21H32N2O2.ClH/c1-16(17-7-11-22-12-8-17)15-20(24)23-13-9-19(10-14-23)21(25)18-5-3-2-4-6-18;/h2-6,16-17,19,21-22,25H,7-15H2,1H3;1H. The van der Waals surface area contributed by atoms with Crippen LogP contribution in [-0.2, 0) is 4.79 Å². The van der Waals surface area contributed by atoms with Crippen molar-refractivity contribution >= 4 is 18.3 Å². The van der Waals surface area contributed by atoms with Crippen LogP contribution in [0.5, 0.6) is 0 Å². The van der Waals surface area contributed by atoms with E-state index in [-0.39, 0.29) is 18.3 Å². The summed E-state index contributed by atoms with van der Waals surface area (Å²) < 4.78 is 0. The van der Waals surface area contributed by atoms with Gasteiger partial charge in [-0.25, -0.2) is 0 Å². The summed E-state index contributed by atoms with van der Waals surface area (Å²) >= 11 is 0. The molecule has 26 heavy (non-hydrogen) atoms. The highest BCUT2D eigenvalue weighted by atomic mass is 35.5. The Morgan fingerprint density at radius 1 is 1.12 bits per heavy atom. The van der Waals surface area contributed by atoms with Crippen LogP contribution in [0.2, 0.25) is 0 Å². The molecule has 5 heteroatoms. The van der Waals surface area contributed by atoms with Crippen molar-refractivity contribution in [3.05, 3.63) is 35.9 Å². The Bertz CT molecular complexity index is 540. The highest BCUT2D eigenvalue weighted by Crippen LogP contribution is 2.31. The minimum Gasteiger partial charge on any atom is -0.388 e. The first-order chi connectivity index (χ1) is 12.1. The molecule has 0 aromatic heterocycles. The number of likely N-dealkylation sites (tertiary alicyclic amines) is 1. The second-order valence-corrected chi connectivity index (χ2v) is 7.84. The third-order valence-electron chi connectivity index (χ3n) is 6.17. The van der Waals surface area contributed by atoms with Gasteiger partial charge in [0.1, 0.15) is 0 Å². The van der Waals surface area contributed by atoms with Crippen LogP contribution in [0, 0.1) is 17.8 Å². The van der Waals surface area contributed by atoms with E-state index in [1.54, 1.807) is 0 Å². The number of nitrogens with one attached hydrogen (secondary N) is 1. The van der Waals surface area contributed by atoms with Gasteiger partial charge in [-0.05, 0) is 62.1 Å². The van der Waals surface area contributed by atoms with Gasteiger partial charge in [0, 0.05) is 19.5 Å². The number of aliphatic hydroxyl groups is 1. The number of rotatable bonds is 5. The minimum atomic E-state index is -0.410. The van der Waals surface area contributed by atoms with Gasteiger partial charge in [0.2, 0.25) is 5.91 Å². The molecule has 1 aromatic rings. The molecule has 146 valence electrons. The number of hydrogen-bond donors (Lipinski definition) is 2. The van der Waals surface area contributed by atoms with Crippen molar-refractivity contribution in [3.8, 4) is 0 Å². The maximum Gasteiger partial charge on any atom is 0.222 e. The normalized spacial score (nSPS) is 21.7. The van der Waals surface area contributed by atoms with Gasteiger partial charge < -0.3 is 15.3 Å². The van der Waals surface area contributed by atoms with Crippen LogP contribution in [0.4, 0.5) is 0 Å². The summed E-state index contributed by atoms with van der Waals surface area (Å²) in [5.74, 6) is 1.72. The van der Waals surface area contributed by atoms with E-state index in [1.807, 2.05) is 35.2 Å². The maximum absolute atomic E-state index is 12.6. The monoisotopic (exact) mass is 380 g/mol. The summed E-state index contributed by atoms with van der Waals surface area (Å²) in [6, 6.07) is 9.89. The minimum absolute atomic E-state index is 0. The van der Waals surface area contributed by atoms with E-state index in [0.29, 0.717) is 24.2 Å². The van der Waals surface area contributed by atoms with Crippen LogP contribution in [-0.4, -0.2) is 42.1 Å². The maximum atomic E-state index is 12.6. The molecular formula is C21H33ClN2O2. The molecule has 2 saturated heterocycles. The van der Waals surface area contributed by atoms with Crippen molar-refractivity contribution in [2.24, 2.45) is 17.8 Å². The Morgan fingerprint density at radius 3 is 2.35 bits per heavy atom. The molecule has 0 saturated carbocycles. The van der Waals surface area contributed by atoms with E-state index in [2.05, 4.69) is 12.2 Å². The third kappa shape index (κ3) is 5.45. The zero-order chi connectivity index (χ0) is 17.6. The fourth-order valence-electron chi connectivity index (χ4n) is 4.37. The molecule has 2 fully saturated rings. The van der Waals surface area contributed by atoms with Crippen LogP contribution < -0.4 is 5.32 Å². The van der Waals surface area contributed by atoms with Gasteiger partial charge in [0.25, 0.3) is 0 Å². The number of hydrogen-bond acceptors (Lipinski definition) is 3. The number of benzene rings is 1. The second kappa shape index (κ2) is 10.3. The van der Waals surface area contributed by atoms with Crippen LogP contribution in [0.25, 0.3) is 0 Å². The molecule has 1 amide bonds. The molecule has 2 atom stereocenters. The van der Waals surface area contributed by atoms with E-state index in [4.69, 9.17) is 0 Å². The molecule has 0 radical (unpaired) electrons. The van der Waals surface area contributed by atoms with Gasteiger partial charge in [-0.2, -0.15) is 0 Å². The zero-order valence-electron chi connectivity index (χ0n) is 15.8. The summed E-state index contributed by atoms with van der Waals surface area (Å²) in [6.07, 6.45) is 4.44. The van der Waals surface area contributed by atoms with E-state index >= 15 is 0 Å². The smallest absolute Gasteiger partial charge is 0.222 e. The van der Waals surface area contributed by atoms with Crippen LogP contribution in [0.3, 0.4) is 0 Å². The molecule has 3 rings (SSSR count). The summed E-state index contributed by atoms with van der Waals surface area (Å²) in [5.41, 5.74) is 0.992. The third-order valence-corrected chi connectivity index (χ3v) is 6.17. The van der Waals surface area contributed by atoms with E-state index < -0.39 is 6.10 Å². The van der Waals surface area contributed by atoms with Gasteiger partial charge in [-0.15, -0.1) is 12.4 Å². The van der Waals surface area contributed by atoms with Gasteiger partial charge >= 0.3 is 0 Å². The van der Waals surface area contributed by atoms with Crippen molar-refractivity contribution in [1.82, 2.24) is 10.2 Å². The molecule has 4 nitrogen and oxygen atoms in total. The Labute approximate surface area is 163 Å². The second-order valence-electron chi connectivity index (χ2n) is 7.84. The fraction of sp³-hybridized carbons (Fsp3) is 0.667. The number of nitrogens with zero attached hydrogens (tertiary/aromatic N) is 1. The van der Waals surface area contributed by atoms with Gasteiger partial charge in [-0.3, -0.25) is 4.79 Å². The lowest BCUT2D eigenvalue weighted by molar-refractivity contribution is -0.134. The van der Waals surface area contributed by atoms with Gasteiger partial charge in [0.05, 0.1) is 6.10 Å². The lowest BCUT2D eigenvalue weighted by atomic mass is 9.83. The first-order valence-electron chi connectivity index (χ1n) is 9.86. The quantitative estimate of drug-likeness (QED) is 0.823. The molecule has 2 unspecified atom stereocenters. The predicted octanol–water partition coefficient (Wildman–Crippen LogP) is 3.41. The summed E-state index contributed by atoms with van der Waals surface area (Å²) in [7, 11) is 0. The van der Waals surface area contributed by atoms with E-state index in [9.17, 15) is 9.90 Å². The fourth-order valence-corrected chi connectivity index (χ4v) is 4.37. The Hall–Kier alpha value is -1.10. The average Bonchev–Trinajstić information content (AvgIpc) is 2.69. The summed E-state index contributed by atoms with van der Waals surface area (Å²) in [6.45, 7) is 5.98. The first-order valence-corrected chi connectivity index (χ1v) is 9.86. The SMILES string of the molecule is CC(CC(=O)N1CCC(C(O)c2ccccc2)CC1)C1CCNCC1.Cl. The van der Waals surface area contributed by atoms with Crippen molar-refractivity contribution in [2.75, 3.05) is 26.2 Å². The van der Waals surface area contributed by atoms with Crippen LogP contribution in [0.1, 0.15) is 50.7 Å². The first kappa shape index (κ1) is 21.2. The summed E-state index contributed by atoms with van der Waals surface area (Å²) in [5, 5.41) is 14.0. The highest BCUT2D eigenvalue weighted by molar-refractivity contribution is 5.85. The lowest BCUT2D eigenvalue weighted by Crippen LogP contribution is -2.41. The van der Waals surface area contributed by atoms with Crippen molar-refractivity contribution in [1.29, 1.82) is 0 Å². The molecule has 0 aliphatic carbocycles. The van der Waals surface area contributed by atoms with Gasteiger partial charge in [0.15, 0.2) is 0 Å². The molecule has 1 aromatic carbocycles. The molecule has 2 aliphatic rings.